The third-order valence-corrected chi connectivity index (χ3v) is 3.06. The molecule has 0 aliphatic rings. The summed E-state index contributed by atoms with van der Waals surface area (Å²) in [5.74, 6) is -0.653. The van der Waals surface area contributed by atoms with Crippen molar-refractivity contribution in [3.63, 3.8) is 0 Å². The SMILES string of the molecule is Cc1cccc(C(=O)O)c1Oc1cccc(Cl)c1C#N. The molecule has 20 heavy (non-hydrogen) atoms. The highest BCUT2D eigenvalue weighted by Crippen LogP contribution is 2.33. The molecule has 0 saturated carbocycles. The predicted octanol–water partition coefficient (Wildman–Crippen LogP) is 4.01. The van der Waals surface area contributed by atoms with E-state index in [1.165, 1.54) is 6.07 Å². The number of aryl methyl sites for hydroxylation is 1. The van der Waals surface area contributed by atoms with E-state index in [-0.39, 0.29) is 27.6 Å². The molecule has 0 unspecified atom stereocenters. The van der Waals surface area contributed by atoms with Crippen LogP contribution in [0.1, 0.15) is 21.5 Å². The summed E-state index contributed by atoms with van der Waals surface area (Å²) in [5, 5.41) is 18.5. The van der Waals surface area contributed by atoms with Crippen LogP contribution in [0, 0.1) is 18.3 Å². The lowest BCUT2D eigenvalue weighted by molar-refractivity contribution is 0.0694. The Morgan fingerprint density at radius 2 is 2.00 bits per heavy atom. The highest BCUT2D eigenvalue weighted by molar-refractivity contribution is 6.31. The van der Waals surface area contributed by atoms with Gasteiger partial charge < -0.3 is 9.84 Å². The molecule has 0 atom stereocenters. The van der Waals surface area contributed by atoms with Gasteiger partial charge in [-0.1, -0.05) is 29.8 Å². The molecule has 0 radical (unpaired) electrons. The number of benzene rings is 2. The van der Waals surface area contributed by atoms with Gasteiger partial charge in [-0.05, 0) is 30.7 Å². The van der Waals surface area contributed by atoms with Crippen LogP contribution in [0.3, 0.4) is 0 Å². The molecule has 0 aliphatic heterocycles. The lowest BCUT2D eigenvalue weighted by Gasteiger charge is -2.13. The largest absolute Gasteiger partial charge is 0.478 e. The number of aromatic carboxylic acids is 1. The Bertz CT molecular complexity index is 720. The van der Waals surface area contributed by atoms with E-state index in [0.717, 1.165) is 0 Å². The number of hydrogen-bond donors (Lipinski definition) is 1. The number of rotatable bonds is 3. The van der Waals surface area contributed by atoms with Crippen molar-refractivity contribution in [2.45, 2.75) is 6.92 Å². The zero-order chi connectivity index (χ0) is 14.7. The summed E-state index contributed by atoms with van der Waals surface area (Å²) >= 11 is 5.92. The molecule has 2 aromatic carbocycles. The van der Waals surface area contributed by atoms with Gasteiger partial charge in [-0.3, -0.25) is 0 Å². The molecular formula is C15H10ClNO3. The van der Waals surface area contributed by atoms with E-state index in [0.29, 0.717) is 5.56 Å². The molecule has 0 saturated heterocycles. The molecule has 0 aliphatic carbocycles. The molecule has 0 spiro atoms. The summed E-state index contributed by atoms with van der Waals surface area (Å²) in [6.07, 6.45) is 0. The van der Waals surface area contributed by atoms with Crippen molar-refractivity contribution in [3.05, 3.63) is 58.1 Å². The minimum atomic E-state index is -1.09. The molecule has 1 N–H and O–H groups in total. The van der Waals surface area contributed by atoms with Crippen LogP contribution in [0.15, 0.2) is 36.4 Å². The normalized spacial score (nSPS) is 9.85. The monoisotopic (exact) mass is 287 g/mol. The first-order valence-corrected chi connectivity index (χ1v) is 6.11. The Hall–Kier alpha value is -2.51. The lowest BCUT2D eigenvalue weighted by Crippen LogP contribution is -2.02. The highest BCUT2D eigenvalue weighted by Gasteiger charge is 2.16. The quantitative estimate of drug-likeness (QED) is 0.926. The molecule has 2 aromatic rings. The Kier molecular flexibility index (Phi) is 3.92. The maximum atomic E-state index is 11.2. The van der Waals surface area contributed by atoms with Gasteiger partial charge in [0.1, 0.15) is 28.7 Å². The Balaban J connectivity index is 2.54. The number of carboxylic acid groups (broad SMARTS) is 1. The van der Waals surface area contributed by atoms with E-state index in [2.05, 4.69) is 0 Å². The van der Waals surface area contributed by atoms with Crippen molar-refractivity contribution in [2.24, 2.45) is 0 Å². The van der Waals surface area contributed by atoms with Gasteiger partial charge in [0.2, 0.25) is 0 Å². The number of halogens is 1. The standard InChI is InChI=1S/C15H10ClNO3/c1-9-4-2-5-10(15(18)19)14(9)20-13-7-3-6-12(16)11(13)8-17/h2-7H,1H3,(H,18,19). The summed E-state index contributed by atoms with van der Waals surface area (Å²) < 4.78 is 5.62. The van der Waals surface area contributed by atoms with Crippen molar-refractivity contribution in [3.8, 4) is 17.6 Å². The number of para-hydroxylation sites is 1. The molecule has 0 heterocycles. The maximum absolute atomic E-state index is 11.2. The van der Waals surface area contributed by atoms with Gasteiger partial charge in [0, 0.05) is 0 Å². The minimum Gasteiger partial charge on any atom is -0.478 e. The van der Waals surface area contributed by atoms with Crippen LogP contribution in [-0.4, -0.2) is 11.1 Å². The zero-order valence-electron chi connectivity index (χ0n) is 10.6. The summed E-state index contributed by atoms with van der Waals surface area (Å²) in [6.45, 7) is 1.73. The second kappa shape index (κ2) is 5.64. The zero-order valence-corrected chi connectivity index (χ0v) is 11.3. The second-order valence-corrected chi connectivity index (χ2v) is 4.49. The second-order valence-electron chi connectivity index (χ2n) is 4.08. The molecule has 0 amide bonds. The van der Waals surface area contributed by atoms with Gasteiger partial charge >= 0.3 is 5.97 Å². The van der Waals surface area contributed by atoms with Crippen LogP contribution in [0.4, 0.5) is 0 Å². The van der Waals surface area contributed by atoms with Crippen molar-refractivity contribution >= 4 is 17.6 Å². The van der Waals surface area contributed by atoms with Gasteiger partial charge in [0.05, 0.1) is 5.02 Å². The summed E-state index contributed by atoms with van der Waals surface area (Å²) in [7, 11) is 0. The Morgan fingerprint density at radius 3 is 2.65 bits per heavy atom. The highest BCUT2D eigenvalue weighted by atomic mass is 35.5. The van der Waals surface area contributed by atoms with Crippen LogP contribution in [0.25, 0.3) is 0 Å². The van der Waals surface area contributed by atoms with E-state index in [1.54, 1.807) is 37.3 Å². The van der Waals surface area contributed by atoms with Gasteiger partial charge in [0.15, 0.2) is 0 Å². The number of nitrogens with zero attached hydrogens (tertiary/aromatic N) is 1. The Morgan fingerprint density at radius 1 is 1.30 bits per heavy atom. The van der Waals surface area contributed by atoms with Crippen molar-refractivity contribution < 1.29 is 14.6 Å². The number of carbonyl (C=O) groups is 1. The summed E-state index contributed by atoms with van der Waals surface area (Å²) in [5.41, 5.74) is 0.872. The molecule has 0 fully saturated rings. The van der Waals surface area contributed by atoms with Crippen LogP contribution in [-0.2, 0) is 0 Å². The first-order valence-electron chi connectivity index (χ1n) is 5.74. The van der Waals surface area contributed by atoms with Gasteiger partial charge in [-0.2, -0.15) is 5.26 Å². The minimum absolute atomic E-state index is 0.0360. The average Bonchev–Trinajstić information content (AvgIpc) is 2.41. The lowest BCUT2D eigenvalue weighted by atomic mass is 10.1. The third kappa shape index (κ3) is 2.58. The van der Waals surface area contributed by atoms with Crippen molar-refractivity contribution in [2.75, 3.05) is 0 Å². The van der Waals surface area contributed by atoms with E-state index >= 15 is 0 Å². The van der Waals surface area contributed by atoms with E-state index in [1.807, 2.05) is 6.07 Å². The Labute approximate surface area is 120 Å². The van der Waals surface area contributed by atoms with Gasteiger partial charge in [0.25, 0.3) is 0 Å². The topological polar surface area (TPSA) is 70.3 Å². The molecule has 5 heteroatoms. The summed E-state index contributed by atoms with van der Waals surface area (Å²) in [4.78, 5) is 11.2. The number of hydrogen-bond acceptors (Lipinski definition) is 3. The van der Waals surface area contributed by atoms with Crippen LogP contribution < -0.4 is 4.74 Å². The average molecular weight is 288 g/mol. The van der Waals surface area contributed by atoms with Gasteiger partial charge in [-0.15, -0.1) is 0 Å². The van der Waals surface area contributed by atoms with E-state index < -0.39 is 5.97 Å². The molecule has 0 aromatic heterocycles. The van der Waals surface area contributed by atoms with Crippen LogP contribution >= 0.6 is 11.6 Å². The first-order chi connectivity index (χ1) is 9.54. The number of nitriles is 1. The first kappa shape index (κ1) is 13.9. The fraction of sp³-hybridized carbons (Fsp3) is 0.0667. The van der Waals surface area contributed by atoms with E-state index in [9.17, 15) is 9.90 Å². The van der Waals surface area contributed by atoms with E-state index in [4.69, 9.17) is 21.6 Å². The molecule has 0 bridgehead atoms. The van der Waals surface area contributed by atoms with Crippen molar-refractivity contribution in [1.29, 1.82) is 5.26 Å². The third-order valence-electron chi connectivity index (χ3n) is 2.74. The van der Waals surface area contributed by atoms with Crippen LogP contribution in [0.2, 0.25) is 5.02 Å². The molecular weight excluding hydrogens is 278 g/mol. The molecule has 100 valence electrons. The maximum Gasteiger partial charge on any atom is 0.339 e. The van der Waals surface area contributed by atoms with Gasteiger partial charge in [-0.25, -0.2) is 4.79 Å². The fourth-order valence-corrected chi connectivity index (χ4v) is 1.97. The number of carboxylic acids is 1. The molecule has 2 rings (SSSR count). The molecule has 4 nitrogen and oxygen atoms in total. The fourth-order valence-electron chi connectivity index (χ4n) is 1.76. The summed E-state index contributed by atoms with van der Waals surface area (Å²) in [6, 6.07) is 11.5. The van der Waals surface area contributed by atoms with Crippen molar-refractivity contribution in [1.82, 2.24) is 0 Å². The smallest absolute Gasteiger partial charge is 0.339 e. The van der Waals surface area contributed by atoms with Crippen LogP contribution in [0.5, 0.6) is 11.5 Å². The number of ether oxygens (including phenoxy) is 1. The predicted molar refractivity (Wildman–Crippen MR) is 74.4 cm³/mol.